The topological polar surface area (TPSA) is 22.4 Å². The van der Waals surface area contributed by atoms with E-state index < -0.39 is 0 Å². The molecular formula is C26H25Cl4NO2. The fourth-order valence-corrected chi connectivity index (χ4v) is 5.57. The van der Waals surface area contributed by atoms with E-state index in [0.29, 0.717) is 10.0 Å². The third kappa shape index (κ3) is 4.80. The van der Waals surface area contributed by atoms with Crippen LogP contribution in [0, 0.1) is 0 Å². The molecule has 1 aliphatic heterocycles. The third-order valence-electron chi connectivity index (χ3n) is 6.72. The zero-order chi connectivity index (χ0) is 22.3. The minimum atomic E-state index is 0. The summed E-state index contributed by atoms with van der Waals surface area (Å²) in [6.07, 6.45) is 3.40. The Morgan fingerprint density at radius 1 is 0.909 bits per heavy atom. The molecule has 1 fully saturated rings. The van der Waals surface area contributed by atoms with Crippen molar-refractivity contribution in [1.29, 1.82) is 0 Å². The third-order valence-corrected chi connectivity index (χ3v) is 7.55. The van der Waals surface area contributed by atoms with Gasteiger partial charge in [0, 0.05) is 44.9 Å². The number of rotatable bonds is 5. The van der Waals surface area contributed by atoms with Gasteiger partial charge >= 0.3 is 0 Å². The van der Waals surface area contributed by atoms with Crippen molar-refractivity contribution in [2.45, 2.75) is 39.0 Å². The molecule has 0 radical (unpaired) electrons. The molecule has 0 amide bonds. The van der Waals surface area contributed by atoms with Crippen molar-refractivity contribution in [2.75, 3.05) is 13.1 Å². The Bertz CT molecular complexity index is 1290. The predicted molar refractivity (Wildman–Crippen MR) is 133 cm³/mol. The van der Waals surface area contributed by atoms with Crippen LogP contribution in [0.3, 0.4) is 0 Å². The molecule has 2 atom stereocenters. The SMILES string of the molecule is CC[N+]1(Cc2ccc(Cl)cc2Cl)CCCCC1Oc1ccc2c(c1)oc1cc(Cl)ccc12.[Cl-]. The summed E-state index contributed by atoms with van der Waals surface area (Å²) in [7, 11) is 0. The summed E-state index contributed by atoms with van der Waals surface area (Å²) in [6.45, 7) is 5.08. The monoisotopic (exact) mass is 523 g/mol. The molecule has 2 heterocycles. The van der Waals surface area contributed by atoms with E-state index in [4.69, 9.17) is 44.0 Å². The number of hydrogen-bond donors (Lipinski definition) is 0. The highest BCUT2D eigenvalue weighted by molar-refractivity contribution is 6.35. The molecule has 1 aliphatic rings. The zero-order valence-corrected chi connectivity index (χ0v) is 21.3. The molecule has 1 aromatic heterocycles. The van der Waals surface area contributed by atoms with Gasteiger partial charge in [-0.25, -0.2) is 0 Å². The van der Waals surface area contributed by atoms with Crippen molar-refractivity contribution in [3.8, 4) is 5.75 Å². The molecule has 1 saturated heterocycles. The number of ether oxygens (including phenoxy) is 1. The van der Waals surface area contributed by atoms with Gasteiger partial charge in [-0.15, -0.1) is 0 Å². The van der Waals surface area contributed by atoms with E-state index in [0.717, 1.165) is 75.2 Å². The zero-order valence-electron chi connectivity index (χ0n) is 18.3. The van der Waals surface area contributed by atoms with E-state index in [9.17, 15) is 0 Å². The summed E-state index contributed by atoms with van der Waals surface area (Å²) in [4.78, 5) is 0. The Hall–Kier alpha value is -1.62. The Kier molecular flexibility index (Phi) is 7.38. The molecule has 0 spiro atoms. The second-order valence-corrected chi connectivity index (χ2v) is 9.90. The number of quaternary nitrogens is 1. The first kappa shape index (κ1) is 24.5. The van der Waals surface area contributed by atoms with Crippen LogP contribution in [-0.2, 0) is 6.54 Å². The molecule has 0 aliphatic carbocycles. The highest BCUT2D eigenvalue weighted by Crippen LogP contribution is 2.36. The Morgan fingerprint density at radius 2 is 1.61 bits per heavy atom. The van der Waals surface area contributed by atoms with E-state index >= 15 is 0 Å². The molecular weight excluding hydrogens is 500 g/mol. The van der Waals surface area contributed by atoms with Gasteiger partial charge in [-0.1, -0.05) is 40.9 Å². The second kappa shape index (κ2) is 9.93. The van der Waals surface area contributed by atoms with Gasteiger partial charge in [-0.05, 0) is 56.2 Å². The summed E-state index contributed by atoms with van der Waals surface area (Å²) in [5, 5.41) is 4.17. The van der Waals surface area contributed by atoms with Crippen molar-refractivity contribution in [2.24, 2.45) is 0 Å². The average molecular weight is 525 g/mol. The van der Waals surface area contributed by atoms with Crippen LogP contribution in [0.15, 0.2) is 59.0 Å². The number of furan rings is 1. The van der Waals surface area contributed by atoms with Gasteiger partial charge in [0.25, 0.3) is 0 Å². The lowest BCUT2D eigenvalue weighted by atomic mass is 10.0. The smallest absolute Gasteiger partial charge is 0.233 e. The molecule has 0 bridgehead atoms. The standard InChI is InChI=1S/C26H25Cl3NO2.ClH/c1-2-30(16-17-6-7-18(27)13-23(17)29)12-4-3-5-26(30)31-20-9-11-22-21-10-8-19(28)14-24(21)32-25(22)15-20;/h6-11,13-15,26H,2-5,12,16H2,1H3;1H/q+1;/p-1. The van der Waals surface area contributed by atoms with Gasteiger partial charge in [-0.2, -0.15) is 0 Å². The lowest BCUT2D eigenvalue weighted by molar-refractivity contribution is -0.983. The summed E-state index contributed by atoms with van der Waals surface area (Å²) in [5.41, 5.74) is 2.71. The first-order valence-corrected chi connectivity index (χ1v) is 12.2. The summed E-state index contributed by atoms with van der Waals surface area (Å²) in [6, 6.07) is 17.6. The number of fused-ring (bicyclic) bond motifs is 3. The lowest BCUT2D eigenvalue weighted by Crippen LogP contribution is -3.00. The first-order chi connectivity index (χ1) is 15.5. The van der Waals surface area contributed by atoms with Crippen LogP contribution < -0.4 is 17.1 Å². The number of piperidine rings is 1. The Labute approximate surface area is 215 Å². The van der Waals surface area contributed by atoms with E-state index in [1.807, 2.05) is 48.5 Å². The molecule has 3 aromatic carbocycles. The van der Waals surface area contributed by atoms with Crippen LogP contribution >= 0.6 is 34.8 Å². The van der Waals surface area contributed by atoms with Gasteiger partial charge < -0.3 is 21.6 Å². The van der Waals surface area contributed by atoms with Crippen LogP contribution in [0.2, 0.25) is 15.1 Å². The minimum absolute atomic E-state index is 0. The van der Waals surface area contributed by atoms with Gasteiger partial charge in [0.2, 0.25) is 6.23 Å². The van der Waals surface area contributed by atoms with Gasteiger partial charge in [0.15, 0.2) is 0 Å². The summed E-state index contributed by atoms with van der Waals surface area (Å²) < 4.78 is 13.5. The number of nitrogens with zero attached hydrogens (tertiary/aromatic N) is 1. The molecule has 7 heteroatoms. The minimum Gasteiger partial charge on any atom is -1.00 e. The quantitative estimate of drug-likeness (QED) is 0.323. The van der Waals surface area contributed by atoms with Gasteiger partial charge in [0.05, 0.1) is 18.1 Å². The van der Waals surface area contributed by atoms with Gasteiger partial charge in [-0.3, -0.25) is 4.48 Å². The maximum absolute atomic E-state index is 6.64. The normalized spacial score (nSPS) is 20.7. The molecule has 33 heavy (non-hydrogen) atoms. The number of benzene rings is 3. The van der Waals surface area contributed by atoms with Crippen molar-refractivity contribution >= 4 is 56.7 Å². The molecule has 5 rings (SSSR count). The van der Waals surface area contributed by atoms with Crippen molar-refractivity contribution in [3.05, 3.63) is 75.2 Å². The number of halogens is 4. The van der Waals surface area contributed by atoms with Crippen molar-refractivity contribution < 1.29 is 26.0 Å². The van der Waals surface area contributed by atoms with Crippen molar-refractivity contribution in [3.63, 3.8) is 0 Å². The van der Waals surface area contributed by atoms with E-state index in [-0.39, 0.29) is 18.6 Å². The van der Waals surface area contributed by atoms with Crippen LogP contribution in [0.4, 0.5) is 0 Å². The van der Waals surface area contributed by atoms with Crippen LogP contribution in [-0.4, -0.2) is 23.8 Å². The highest BCUT2D eigenvalue weighted by Gasteiger charge is 2.40. The maximum Gasteiger partial charge on any atom is 0.233 e. The Balaban J connectivity index is 0.00000259. The summed E-state index contributed by atoms with van der Waals surface area (Å²) >= 11 is 18.8. The van der Waals surface area contributed by atoms with Crippen molar-refractivity contribution in [1.82, 2.24) is 0 Å². The van der Waals surface area contributed by atoms with E-state index in [2.05, 4.69) is 13.0 Å². The molecule has 0 saturated carbocycles. The molecule has 4 aromatic rings. The van der Waals surface area contributed by atoms with Crippen LogP contribution in [0.5, 0.6) is 5.75 Å². The fourth-order valence-electron chi connectivity index (χ4n) is 4.94. The molecule has 2 unspecified atom stereocenters. The lowest BCUT2D eigenvalue weighted by Gasteiger charge is -2.46. The van der Waals surface area contributed by atoms with Crippen LogP contribution in [0.25, 0.3) is 21.9 Å². The molecule has 0 N–H and O–H groups in total. The predicted octanol–water partition coefficient (Wildman–Crippen LogP) is 5.48. The molecule has 174 valence electrons. The Morgan fingerprint density at radius 3 is 2.36 bits per heavy atom. The number of hydrogen-bond acceptors (Lipinski definition) is 2. The largest absolute Gasteiger partial charge is 1.00 e. The van der Waals surface area contributed by atoms with E-state index in [1.54, 1.807) is 0 Å². The average Bonchev–Trinajstić information content (AvgIpc) is 3.13. The number of likely N-dealkylation sites (tertiary alicyclic amines) is 1. The molecule has 3 nitrogen and oxygen atoms in total. The van der Waals surface area contributed by atoms with E-state index in [1.165, 1.54) is 6.42 Å². The van der Waals surface area contributed by atoms with Crippen LogP contribution in [0.1, 0.15) is 31.7 Å². The highest BCUT2D eigenvalue weighted by atomic mass is 35.5. The van der Waals surface area contributed by atoms with Gasteiger partial charge in [0.1, 0.15) is 23.5 Å². The first-order valence-electron chi connectivity index (χ1n) is 11.1. The fraction of sp³-hybridized carbons (Fsp3) is 0.308. The maximum atomic E-state index is 6.64. The summed E-state index contributed by atoms with van der Waals surface area (Å²) in [5.74, 6) is 0.827. The second-order valence-electron chi connectivity index (χ2n) is 8.62.